The number of hydrogen-bond donors (Lipinski definition) is 0. The monoisotopic (exact) mass is 422 g/mol. The second-order valence-electron chi connectivity index (χ2n) is 7.87. The Morgan fingerprint density at radius 3 is 2.61 bits per heavy atom. The minimum absolute atomic E-state index is 0.0192. The van der Waals surface area contributed by atoms with Crippen LogP contribution < -0.4 is 14.5 Å². The summed E-state index contributed by atoms with van der Waals surface area (Å²) in [6.07, 6.45) is 3.99. The average molecular weight is 423 g/mol. The quantitative estimate of drug-likeness (QED) is 0.389. The maximum absolute atomic E-state index is 11.5. The molecule has 4 rings (SSSR count). The third kappa shape index (κ3) is 4.99. The first kappa shape index (κ1) is 21.2. The molecule has 2 heterocycles. The number of nitrogens with zero attached hydrogens (tertiary/aromatic N) is 4. The van der Waals surface area contributed by atoms with Gasteiger partial charge in [0.15, 0.2) is 17.3 Å². The fraction of sp³-hybridized carbons (Fsp3) is 0.417. The van der Waals surface area contributed by atoms with Crippen molar-refractivity contribution in [2.75, 3.05) is 51.4 Å². The highest BCUT2D eigenvalue weighted by atomic mass is 16.5. The van der Waals surface area contributed by atoms with E-state index in [1.54, 1.807) is 26.2 Å². The van der Waals surface area contributed by atoms with Gasteiger partial charge in [-0.2, -0.15) is 9.89 Å². The highest BCUT2D eigenvalue weighted by Gasteiger charge is 2.18. The minimum atomic E-state index is 0.0192. The molecule has 2 aromatic carbocycles. The number of benzene rings is 2. The van der Waals surface area contributed by atoms with Crippen LogP contribution in [0, 0.1) is 0 Å². The van der Waals surface area contributed by atoms with E-state index >= 15 is 0 Å². The lowest BCUT2D eigenvalue weighted by atomic mass is 10.1. The van der Waals surface area contributed by atoms with Gasteiger partial charge in [-0.1, -0.05) is 18.2 Å². The molecule has 0 bridgehead atoms. The Morgan fingerprint density at radius 2 is 1.84 bits per heavy atom. The molecule has 1 saturated heterocycles. The number of aromatic nitrogens is 2. The molecule has 3 aromatic rings. The Morgan fingerprint density at radius 1 is 1.03 bits per heavy atom. The van der Waals surface area contributed by atoms with Crippen LogP contribution in [0.4, 0.5) is 0 Å². The van der Waals surface area contributed by atoms with E-state index in [4.69, 9.17) is 9.47 Å². The van der Waals surface area contributed by atoms with Crippen LogP contribution >= 0.6 is 0 Å². The van der Waals surface area contributed by atoms with Gasteiger partial charge in [-0.3, -0.25) is 14.7 Å². The Bertz CT molecular complexity index is 1020. The summed E-state index contributed by atoms with van der Waals surface area (Å²) >= 11 is 0. The van der Waals surface area contributed by atoms with Crippen molar-refractivity contribution in [1.82, 2.24) is 14.8 Å². The first-order valence-electron chi connectivity index (χ1n) is 10.9. The fourth-order valence-corrected chi connectivity index (χ4v) is 3.96. The summed E-state index contributed by atoms with van der Waals surface area (Å²) in [6, 6.07) is 13.7. The lowest BCUT2D eigenvalue weighted by Gasteiger charge is -2.35. The normalized spacial score (nSPS) is 14.7. The maximum Gasteiger partial charge on any atom is 0.161 e. The van der Waals surface area contributed by atoms with Crippen molar-refractivity contribution in [3.05, 3.63) is 54.2 Å². The van der Waals surface area contributed by atoms with Crippen LogP contribution in [-0.2, 0) is 0 Å². The molecule has 0 aliphatic carbocycles. The van der Waals surface area contributed by atoms with Gasteiger partial charge in [-0.25, -0.2) is 0 Å². The van der Waals surface area contributed by atoms with E-state index in [0.717, 1.165) is 45.6 Å². The summed E-state index contributed by atoms with van der Waals surface area (Å²) in [4.78, 5) is 16.1. The third-order valence-corrected chi connectivity index (χ3v) is 5.77. The highest BCUT2D eigenvalue weighted by molar-refractivity contribution is 5.94. The van der Waals surface area contributed by atoms with E-state index in [2.05, 4.69) is 33.2 Å². The molecule has 164 valence electrons. The van der Waals surface area contributed by atoms with Crippen molar-refractivity contribution in [1.29, 1.82) is 0 Å². The second-order valence-corrected chi connectivity index (χ2v) is 7.87. The van der Waals surface area contributed by atoms with Gasteiger partial charge in [0.25, 0.3) is 0 Å². The summed E-state index contributed by atoms with van der Waals surface area (Å²) in [7, 11) is 1.60. The highest BCUT2D eigenvalue weighted by Crippen LogP contribution is 2.28. The molecule has 0 atom stereocenters. The molecule has 31 heavy (non-hydrogen) atoms. The minimum Gasteiger partial charge on any atom is -0.493 e. The lowest BCUT2D eigenvalue weighted by Crippen LogP contribution is -2.51. The van der Waals surface area contributed by atoms with Crippen molar-refractivity contribution in [3.8, 4) is 11.5 Å². The number of Topliss-reactive ketones (excluding diaryl/α,β-unsaturated/α-hetero) is 1. The van der Waals surface area contributed by atoms with Crippen LogP contribution in [0.3, 0.4) is 0 Å². The summed E-state index contributed by atoms with van der Waals surface area (Å²) in [5.41, 5.74) is 1.80. The number of methoxy groups -OCH3 is 1. The van der Waals surface area contributed by atoms with Crippen molar-refractivity contribution >= 4 is 16.7 Å². The van der Waals surface area contributed by atoms with Gasteiger partial charge >= 0.3 is 0 Å². The molecule has 0 saturated carbocycles. The predicted octanol–water partition coefficient (Wildman–Crippen LogP) is 3.36. The van der Waals surface area contributed by atoms with Crippen LogP contribution in [0.5, 0.6) is 11.5 Å². The summed E-state index contributed by atoms with van der Waals surface area (Å²) in [5, 5.41) is 8.06. The van der Waals surface area contributed by atoms with Crippen LogP contribution in [0.15, 0.2) is 48.7 Å². The van der Waals surface area contributed by atoms with Crippen LogP contribution in [0.25, 0.3) is 10.9 Å². The fourth-order valence-electron chi connectivity index (χ4n) is 3.96. The molecule has 7 heteroatoms. The Kier molecular flexibility index (Phi) is 6.72. The number of rotatable bonds is 9. The first-order valence-corrected chi connectivity index (χ1v) is 10.9. The molecular weight excluding hydrogens is 392 g/mol. The zero-order chi connectivity index (χ0) is 21.6. The number of carbonyl (C=O) groups is 1. The number of para-hydroxylation sites is 1. The van der Waals surface area contributed by atoms with Crippen molar-refractivity contribution in [2.45, 2.75) is 19.8 Å². The van der Waals surface area contributed by atoms with Crippen LogP contribution in [0.2, 0.25) is 0 Å². The predicted molar refractivity (Wildman–Crippen MR) is 122 cm³/mol. The van der Waals surface area contributed by atoms with Gasteiger partial charge in [0, 0.05) is 37.1 Å². The molecular formula is C24H30N4O3. The lowest BCUT2D eigenvalue weighted by molar-refractivity contribution is 0.101. The zero-order valence-corrected chi connectivity index (χ0v) is 18.3. The Labute approximate surface area is 183 Å². The van der Waals surface area contributed by atoms with E-state index in [0.29, 0.717) is 23.7 Å². The SMILES string of the molecule is COc1cc(C(C)=O)ccc1OCCCCN1CCN(n2ncc3ccccc32)CC1. The average Bonchev–Trinajstić information content (AvgIpc) is 3.23. The van der Waals surface area contributed by atoms with Crippen molar-refractivity contribution < 1.29 is 14.3 Å². The van der Waals surface area contributed by atoms with Crippen LogP contribution in [-0.4, -0.2) is 67.0 Å². The topological polar surface area (TPSA) is 59.8 Å². The number of piperazine rings is 1. The van der Waals surface area contributed by atoms with E-state index in [-0.39, 0.29) is 5.78 Å². The van der Waals surface area contributed by atoms with E-state index in [9.17, 15) is 4.79 Å². The molecule has 1 aromatic heterocycles. The number of unbranched alkanes of at least 4 members (excludes halogenated alkanes) is 1. The number of carbonyl (C=O) groups excluding carboxylic acids is 1. The molecule has 7 nitrogen and oxygen atoms in total. The summed E-state index contributed by atoms with van der Waals surface area (Å²) < 4.78 is 11.2. The Balaban J connectivity index is 1.18. The first-order chi connectivity index (χ1) is 15.2. The van der Waals surface area contributed by atoms with E-state index < -0.39 is 0 Å². The van der Waals surface area contributed by atoms with Gasteiger partial charge in [0.05, 0.1) is 25.4 Å². The molecule has 0 unspecified atom stereocenters. The molecule has 0 N–H and O–H groups in total. The molecule has 0 amide bonds. The smallest absolute Gasteiger partial charge is 0.161 e. The maximum atomic E-state index is 11.5. The summed E-state index contributed by atoms with van der Waals surface area (Å²) in [5.74, 6) is 1.31. The van der Waals surface area contributed by atoms with Crippen LogP contribution in [0.1, 0.15) is 30.1 Å². The number of hydrogen-bond acceptors (Lipinski definition) is 6. The number of ether oxygens (including phenoxy) is 2. The van der Waals surface area contributed by atoms with Crippen molar-refractivity contribution in [2.24, 2.45) is 0 Å². The number of ketones is 1. The second kappa shape index (κ2) is 9.83. The largest absolute Gasteiger partial charge is 0.493 e. The standard InChI is InChI=1S/C24H30N4O3/c1-19(29)20-9-10-23(24(17-20)30-2)31-16-6-5-11-26-12-14-27(15-13-26)28-22-8-4-3-7-21(22)18-25-28/h3-4,7-10,17-18H,5-6,11-16H2,1-2H3. The molecule has 0 spiro atoms. The summed E-state index contributed by atoms with van der Waals surface area (Å²) in [6.45, 7) is 7.27. The van der Waals surface area contributed by atoms with Gasteiger partial charge in [-0.15, -0.1) is 0 Å². The molecule has 1 aliphatic heterocycles. The van der Waals surface area contributed by atoms with Gasteiger partial charge in [0.1, 0.15) is 0 Å². The molecule has 1 aliphatic rings. The Hall–Kier alpha value is -3.06. The molecule has 0 radical (unpaired) electrons. The van der Waals surface area contributed by atoms with Gasteiger partial charge in [0.2, 0.25) is 0 Å². The molecule has 1 fully saturated rings. The van der Waals surface area contributed by atoms with E-state index in [1.165, 1.54) is 10.9 Å². The van der Waals surface area contributed by atoms with Crippen molar-refractivity contribution in [3.63, 3.8) is 0 Å². The third-order valence-electron chi connectivity index (χ3n) is 5.77. The van der Waals surface area contributed by atoms with E-state index in [1.807, 2.05) is 23.1 Å². The number of fused-ring (bicyclic) bond motifs is 1. The zero-order valence-electron chi connectivity index (χ0n) is 18.3. The van der Waals surface area contributed by atoms with Gasteiger partial charge in [-0.05, 0) is 50.6 Å². The van der Waals surface area contributed by atoms with Gasteiger partial charge < -0.3 is 9.47 Å².